The standard InChI is InChI=1S/C20H27N3O3/c1-4-15(3)21-20-23(5-2)19(24)18(26-20)14-16-6-8-17(9-7-16)22-10-12-25-13-11-22/h6-9,14-15H,4-5,10-13H2,1-3H3. The number of hydrogen-bond acceptors (Lipinski definition) is 5. The second kappa shape index (κ2) is 8.36. The molecule has 0 bridgehead atoms. The van der Waals surface area contributed by atoms with E-state index in [-0.39, 0.29) is 11.9 Å². The Morgan fingerprint density at radius 1 is 1.19 bits per heavy atom. The molecule has 2 saturated heterocycles. The largest absolute Gasteiger partial charge is 0.420 e. The van der Waals surface area contributed by atoms with Gasteiger partial charge in [-0.3, -0.25) is 9.69 Å². The molecule has 0 aliphatic carbocycles. The lowest BCUT2D eigenvalue weighted by Gasteiger charge is -2.28. The Bertz CT molecular complexity index is 691. The second-order valence-corrected chi connectivity index (χ2v) is 6.52. The summed E-state index contributed by atoms with van der Waals surface area (Å²) >= 11 is 0. The van der Waals surface area contributed by atoms with Crippen LogP contribution in [-0.4, -0.2) is 55.7 Å². The van der Waals surface area contributed by atoms with E-state index < -0.39 is 0 Å². The molecule has 1 atom stereocenters. The summed E-state index contributed by atoms with van der Waals surface area (Å²) in [7, 11) is 0. The van der Waals surface area contributed by atoms with Crippen LogP contribution in [0.5, 0.6) is 0 Å². The Morgan fingerprint density at radius 3 is 2.50 bits per heavy atom. The van der Waals surface area contributed by atoms with Gasteiger partial charge in [0, 0.05) is 25.3 Å². The molecule has 1 amide bonds. The van der Waals surface area contributed by atoms with Gasteiger partial charge in [0.05, 0.1) is 19.3 Å². The zero-order chi connectivity index (χ0) is 18.5. The fourth-order valence-corrected chi connectivity index (χ4v) is 2.92. The molecule has 0 N–H and O–H groups in total. The van der Waals surface area contributed by atoms with E-state index in [0.29, 0.717) is 18.3 Å². The summed E-state index contributed by atoms with van der Waals surface area (Å²) in [6.07, 6.45) is 2.69. The highest BCUT2D eigenvalue weighted by molar-refractivity contribution is 6.11. The van der Waals surface area contributed by atoms with Crippen LogP contribution in [0.3, 0.4) is 0 Å². The number of likely N-dealkylation sites (N-methyl/N-ethyl adjacent to an activating group) is 1. The number of amides is 1. The summed E-state index contributed by atoms with van der Waals surface area (Å²) in [4.78, 5) is 21.0. The third-order valence-corrected chi connectivity index (χ3v) is 4.69. The molecular weight excluding hydrogens is 330 g/mol. The van der Waals surface area contributed by atoms with Crippen molar-refractivity contribution in [3.8, 4) is 0 Å². The van der Waals surface area contributed by atoms with Gasteiger partial charge in [-0.05, 0) is 44.0 Å². The number of rotatable bonds is 5. The minimum absolute atomic E-state index is 0.124. The predicted octanol–water partition coefficient (Wildman–Crippen LogP) is 2.90. The first-order valence-electron chi connectivity index (χ1n) is 9.34. The number of amidine groups is 1. The Hall–Kier alpha value is -2.34. The SMILES string of the molecule is CCC(C)N=C1OC(=Cc2ccc(N3CCOCC3)cc2)C(=O)N1CC. The van der Waals surface area contributed by atoms with Crippen LogP contribution in [0, 0.1) is 0 Å². The average molecular weight is 357 g/mol. The van der Waals surface area contributed by atoms with Crippen LogP contribution in [0.25, 0.3) is 6.08 Å². The number of ether oxygens (including phenoxy) is 2. The topological polar surface area (TPSA) is 54.4 Å². The molecule has 26 heavy (non-hydrogen) atoms. The molecule has 6 nitrogen and oxygen atoms in total. The molecular formula is C20H27N3O3. The monoisotopic (exact) mass is 357 g/mol. The molecule has 1 unspecified atom stereocenters. The highest BCUT2D eigenvalue weighted by Crippen LogP contribution is 2.22. The molecule has 0 aromatic heterocycles. The molecule has 0 saturated carbocycles. The predicted molar refractivity (Wildman–Crippen MR) is 103 cm³/mol. The molecule has 6 heteroatoms. The van der Waals surface area contributed by atoms with Crippen LogP contribution in [-0.2, 0) is 14.3 Å². The van der Waals surface area contributed by atoms with E-state index in [1.54, 1.807) is 11.0 Å². The van der Waals surface area contributed by atoms with Crippen LogP contribution < -0.4 is 4.90 Å². The van der Waals surface area contributed by atoms with E-state index in [1.165, 1.54) is 5.69 Å². The fraction of sp³-hybridized carbons (Fsp3) is 0.500. The van der Waals surface area contributed by atoms with Gasteiger partial charge in [0.1, 0.15) is 0 Å². The van der Waals surface area contributed by atoms with Crippen LogP contribution in [0.2, 0.25) is 0 Å². The summed E-state index contributed by atoms with van der Waals surface area (Å²) in [5.74, 6) is 0.194. The molecule has 0 spiro atoms. The van der Waals surface area contributed by atoms with E-state index >= 15 is 0 Å². The van der Waals surface area contributed by atoms with Gasteiger partial charge in [-0.1, -0.05) is 19.1 Å². The number of aliphatic imine (C=N–C) groups is 1. The zero-order valence-electron chi connectivity index (χ0n) is 15.8. The van der Waals surface area contributed by atoms with Gasteiger partial charge < -0.3 is 14.4 Å². The van der Waals surface area contributed by atoms with Crippen molar-refractivity contribution in [1.82, 2.24) is 4.90 Å². The Labute approximate surface area is 155 Å². The van der Waals surface area contributed by atoms with Gasteiger partial charge in [-0.15, -0.1) is 0 Å². The number of benzene rings is 1. The van der Waals surface area contributed by atoms with Crippen LogP contribution in [0.1, 0.15) is 32.8 Å². The number of morpholine rings is 1. The maximum absolute atomic E-state index is 12.6. The molecule has 140 valence electrons. The van der Waals surface area contributed by atoms with Crippen molar-refractivity contribution in [1.29, 1.82) is 0 Å². The average Bonchev–Trinajstić information content (AvgIpc) is 2.97. The lowest BCUT2D eigenvalue weighted by atomic mass is 10.1. The Kier molecular flexibility index (Phi) is 5.93. The summed E-state index contributed by atoms with van der Waals surface area (Å²) in [5.41, 5.74) is 2.11. The van der Waals surface area contributed by atoms with Crippen LogP contribution in [0.15, 0.2) is 35.0 Å². The maximum Gasteiger partial charge on any atom is 0.300 e. The summed E-state index contributed by atoms with van der Waals surface area (Å²) in [6, 6.07) is 8.69. The minimum atomic E-state index is -0.133. The van der Waals surface area contributed by atoms with Crippen molar-refractivity contribution in [2.75, 3.05) is 37.7 Å². The number of carbonyl (C=O) groups excluding carboxylic acids is 1. The number of hydrogen-bond donors (Lipinski definition) is 0. The Morgan fingerprint density at radius 2 is 1.88 bits per heavy atom. The maximum atomic E-state index is 12.6. The van der Waals surface area contributed by atoms with Gasteiger partial charge in [0.25, 0.3) is 5.91 Å². The van der Waals surface area contributed by atoms with Crippen molar-refractivity contribution in [2.45, 2.75) is 33.2 Å². The van der Waals surface area contributed by atoms with Crippen molar-refractivity contribution in [3.63, 3.8) is 0 Å². The first-order chi connectivity index (χ1) is 12.6. The molecule has 1 aromatic carbocycles. The summed E-state index contributed by atoms with van der Waals surface area (Å²) < 4.78 is 11.2. The highest BCUT2D eigenvalue weighted by Gasteiger charge is 2.33. The lowest BCUT2D eigenvalue weighted by molar-refractivity contribution is -0.122. The molecule has 3 rings (SSSR count). The fourth-order valence-electron chi connectivity index (χ4n) is 2.92. The first kappa shape index (κ1) is 18.5. The summed E-state index contributed by atoms with van der Waals surface area (Å²) in [5, 5.41) is 0. The highest BCUT2D eigenvalue weighted by atomic mass is 16.5. The van der Waals surface area contributed by atoms with E-state index in [4.69, 9.17) is 9.47 Å². The molecule has 2 aliphatic heterocycles. The third-order valence-electron chi connectivity index (χ3n) is 4.69. The Balaban J connectivity index is 1.76. The normalized spacial score (nSPS) is 22.2. The molecule has 2 aliphatic rings. The summed E-state index contributed by atoms with van der Waals surface area (Å²) in [6.45, 7) is 9.88. The van der Waals surface area contributed by atoms with E-state index in [2.05, 4.69) is 28.9 Å². The van der Waals surface area contributed by atoms with Crippen molar-refractivity contribution in [2.24, 2.45) is 4.99 Å². The van der Waals surface area contributed by atoms with Gasteiger partial charge in [-0.2, -0.15) is 0 Å². The van der Waals surface area contributed by atoms with E-state index in [0.717, 1.165) is 38.3 Å². The van der Waals surface area contributed by atoms with Gasteiger partial charge >= 0.3 is 6.02 Å². The van der Waals surface area contributed by atoms with Crippen LogP contribution in [0.4, 0.5) is 5.69 Å². The zero-order valence-corrected chi connectivity index (χ0v) is 15.8. The van der Waals surface area contributed by atoms with Crippen molar-refractivity contribution in [3.05, 3.63) is 35.6 Å². The van der Waals surface area contributed by atoms with E-state index in [1.807, 2.05) is 26.0 Å². The number of nitrogens with zero attached hydrogens (tertiary/aromatic N) is 3. The number of anilines is 1. The number of carbonyl (C=O) groups is 1. The lowest BCUT2D eigenvalue weighted by Crippen LogP contribution is -2.36. The van der Waals surface area contributed by atoms with Gasteiger partial charge in [0.2, 0.25) is 0 Å². The molecule has 2 heterocycles. The van der Waals surface area contributed by atoms with E-state index in [9.17, 15) is 4.79 Å². The van der Waals surface area contributed by atoms with Gasteiger partial charge in [0.15, 0.2) is 5.76 Å². The van der Waals surface area contributed by atoms with Crippen molar-refractivity contribution < 1.29 is 14.3 Å². The smallest absolute Gasteiger partial charge is 0.300 e. The second-order valence-electron chi connectivity index (χ2n) is 6.52. The quantitative estimate of drug-likeness (QED) is 0.761. The molecule has 1 aromatic rings. The van der Waals surface area contributed by atoms with Crippen LogP contribution >= 0.6 is 0 Å². The molecule has 2 fully saturated rings. The first-order valence-corrected chi connectivity index (χ1v) is 9.34. The van der Waals surface area contributed by atoms with Gasteiger partial charge in [-0.25, -0.2) is 4.99 Å². The molecule has 0 radical (unpaired) electrons. The van der Waals surface area contributed by atoms with Crippen molar-refractivity contribution >= 4 is 23.7 Å². The third kappa shape index (κ3) is 4.07. The minimum Gasteiger partial charge on any atom is -0.420 e.